The third-order valence-corrected chi connectivity index (χ3v) is 4.73. The van der Waals surface area contributed by atoms with Gasteiger partial charge in [0, 0.05) is 50.6 Å². The van der Waals surface area contributed by atoms with Crippen LogP contribution < -0.4 is 4.90 Å². The SMILES string of the molecule is O=[N+]([O-])c1ccc(F)cc1CN1CCN(c2ncc(C(F)(F)F)cc2Cl)CC1. The molecule has 28 heavy (non-hydrogen) atoms. The van der Waals surface area contributed by atoms with Crippen LogP contribution in [-0.2, 0) is 12.7 Å². The van der Waals surface area contributed by atoms with E-state index in [9.17, 15) is 27.7 Å². The Bertz CT molecular complexity index is 886. The zero-order valence-corrected chi connectivity index (χ0v) is 15.2. The first-order valence-electron chi connectivity index (χ1n) is 8.28. The van der Waals surface area contributed by atoms with E-state index in [1.54, 1.807) is 4.90 Å². The molecular formula is C17H15ClF4N4O2. The monoisotopic (exact) mass is 418 g/mol. The van der Waals surface area contributed by atoms with Gasteiger partial charge in [0.2, 0.25) is 0 Å². The number of nitro groups is 1. The van der Waals surface area contributed by atoms with Crippen LogP contribution >= 0.6 is 11.6 Å². The third-order valence-electron chi connectivity index (χ3n) is 4.45. The lowest BCUT2D eigenvalue weighted by atomic mass is 10.1. The van der Waals surface area contributed by atoms with Crippen molar-refractivity contribution >= 4 is 23.1 Å². The lowest BCUT2D eigenvalue weighted by Crippen LogP contribution is -2.46. The van der Waals surface area contributed by atoms with E-state index in [0.717, 1.165) is 30.5 Å². The number of rotatable bonds is 4. The van der Waals surface area contributed by atoms with Gasteiger partial charge in [-0.25, -0.2) is 9.37 Å². The molecule has 1 aliphatic rings. The summed E-state index contributed by atoms with van der Waals surface area (Å²) in [5.74, 6) is -0.300. The van der Waals surface area contributed by atoms with Gasteiger partial charge < -0.3 is 4.90 Å². The number of nitrogens with zero attached hydrogens (tertiary/aromatic N) is 4. The van der Waals surface area contributed by atoms with Gasteiger partial charge >= 0.3 is 6.18 Å². The fourth-order valence-electron chi connectivity index (χ4n) is 3.04. The second-order valence-corrected chi connectivity index (χ2v) is 6.73. The average molecular weight is 419 g/mol. The van der Waals surface area contributed by atoms with E-state index in [-0.39, 0.29) is 28.6 Å². The molecule has 2 heterocycles. The molecule has 11 heteroatoms. The van der Waals surface area contributed by atoms with Gasteiger partial charge in [0.1, 0.15) is 11.6 Å². The van der Waals surface area contributed by atoms with Crippen molar-refractivity contribution in [2.45, 2.75) is 12.7 Å². The van der Waals surface area contributed by atoms with E-state index in [2.05, 4.69) is 4.98 Å². The molecule has 6 nitrogen and oxygen atoms in total. The lowest BCUT2D eigenvalue weighted by Gasteiger charge is -2.35. The molecule has 1 aromatic heterocycles. The fourth-order valence-corrected chi connectivity index (χ4v) is 3.32. The van der Waals surface area contributed by atoms with E-state index in [4.69, 9.17) is 11.6 Å². The quantitative estimate of drug-likeness (QED) is 0.424. The molecular weight excluding hydrogens is 404 g/mol. The Morgan fingerprint density at radius 3 is 2.43 bits per heavy atom. The van der Waals surface area contributed by atoms with Crippen molar-refractivity contribution in [3.05, 3.63) is 62.5 Å². The lowest BCUT2D eigenvalue weighted by molar-refractivity contribution is -0.385. The van der Waals surface area contributed by atoms with Crippen molar-refractivity contribution in [1.82, 2.24) is 9.88 Å². The van der Waals surface area contributed by atoms with Gasteiger partial charge in [-0.15, -0.1) is 0 Å². The van der Waals surface area contributed by atoms with E-state index in [1.807, 2.05) is 4.90 Å². The Hall–Kier alpha value is -2.46. The molecule has 0 amide bonds. The Kier molecular flexibility index (Phi) is 5.71. The van der Waals surface area contributed by atoms with Crippen LogP contribution in [0.2, 0.25) is 5.02 Å². The molecule has 0 N–H and O–H groups in total. The summed E-state index contributed by atoms with van der Waals surface area (Å²) in [5.41, 5.74) is -0.807. The molecule has 3 rings (SSSR count). The molecule has 1 aliphatic heterocycles. The molecule has 0 aliphatic carbocycles. The molecule has 0 saturated carbocycles. The third kappa shape index (κ3) is 4.50. The van der Waals surface area contributed by atoms with E-state index in [1.165, 1.54) is 0 Å². The summed E-state index contributed by atoms with van der Waals surface area (Å²) in [4.78, 5) is 18.0. The summed E-state index contributed by atoms with van der Waals surface area (Å²) in [6.07, 6.45) is -3.78. The molecule has 2 aromatic rings. The van der Waals surface area contributed by atoms with Gasteiger partial charge in [0.05, 0.1) is 15.5 Å². The highest BCUT2D eigenvalue weighted by atomic mass is 35.5. The van der Waals surface area contributed by atoms with E-state index < -0.39 is 22.5 Å². The molecule has 0 spiro atoms. The summed E-state index contributed by atoms with van der Waals surface area (Å²) >= 11 is 5.97. The average Bonchev–Trinajstić information content (AvgIpc) is 2.61. The first-order chi connectivity index (χ1) is 13.1. The van der Waals surface area contributed by atoms with Crippen LogP contribution in [0.1, 0.15) is 11.1 Å². The topological polar surface area (TPSA) is 62.5 Å². The highest BCUT2D eigenvalue weighted by Crippen LogP contribution is 2.34. The van der Waals surface area contributed by atoms with Crippen molar-refractivity contribution in [3.63, 3.8) is 0 Å². The molecule has 0 atom stereocenters. The molecule has 1 aromatic carbocycles. The highest BCUT2D eigenvalue weighted by molar-refractivity contribution is 6.33. The minimum Gasteiger partial charge on any atom is -0.353 e. The van der Waals surface area contributed by atoms with Crippen molar-refractivity contribution in [2.24, 2.45) is 0 Å². The maximum atomic E-state index is 13.5. The second kappa shape index (κ2) is 7.88. The van der Waals surface area contributed by atoms with Crippen LogP contribution in [0.15, 0.2) is 30.5 Å². The number of hydrogen-bond donors (Lipinski definition) is 0. The van der Waals surface area contributed by atoms with Crippen LogP contribution in [0.3, 0.4) is 0 Å². The minimum absolute atomic E-state index is 0.0935. The largest absolute Gasteiger partial charge is 0.417 e. The van der Waals surface area contributed by atoms with Crippen LogP contribution in [0.5, 0.6) is 0 Å². The number of piperazine rings is 1. The predicted molar refractivity (Wildman–Crippen MR) is 94.8 cm³/mol. The van der Waals surface area contributed by atoms with Gasteiger partial charge in [-0.2, -0.15) is 13.2 Å². The number of pyridine rings is 1. The van der Waals surface area contributed by atoms with E-state index >= 15 is 0 Å². The van der Waals surface area contributed by atoms with Crippen molar-refractivity contribution in [2.75, 3.05) is 31.1 Å². The number of hydrogen-bond acceptors (Lipinski definition) is 5. The summed E-state index contributed by atoms with van der Waals surface area (Å²) in [7, 11) is 0. The molecule has 0 radical (unpaired) electrons. The predicted octanol–water partition coefficient (Wildman–Crippen LogP) is 4.12. The zero-order chi connectivity index (χ0) is 20.5. The van der Waals surface area contributed by atoms with Crippen LogP contribution in [0.4, 0.5) is 29.1 Å². The molecule has 0 unspecified atom stereocenters. The number of nitro benzene ring substituents is 1. The Morgan fingerprint density at radius 2 is 1.86 bits per heavy atom. The maximum absolute atomic E-state index is 13.5. The van der Waals surface area contributed by atoms with Gasteiger partial charge in [0.25, 0.3) is 5.69 Å². The molecule has 150 valence electrons. The standard InChI is InChI=1S/C17H15ClF4N4O2/c18-14-8-12(17(20,21)22)9-23-16(14)25-5-3-24(4-6-25)10-11-7-13(19)1-2-15(11)26(27)28/h1-2,7-9H,3-6,10H2. The van der Waals surface area contributed by atoms with Crippen LogP contribution in [-0.4, -0.2) is 41.0 Å². The smallest absolute Gasteiger partial charge is 0.353 e. The second-order valence-electron chi connectivity index (χ2n) is 6.32. The summed E-state index contributed by atoms with van der Waals surface area (Å²) in [6, 6.07) is 4.15. The van der Waals surface area contributed by atoms with Gasteiger partial charge in [-0.05, 0) is 18.2 Å². The van der Waals surface area contributed by atoms with Crippen molar-refractivity contribution in [1.29, 1.82) is 0 Å². The van der Waals surface area contributed by atoms with E-state index in [0.29, 0.717) is 26.2 Å². The summed E-state index contributed by atoms with van der Waals surface area (Å²) in [5, 5.41) is 11.0. The van der Waals surface area contributed by atoms with Crippen molar-refractivity contribution < 1.29 is 22.5 Å². The molecule has 1 saturated heterocycles. The number of halogens is 5. The van der Waals surface area contributed by atoms with Crippen LogP contribution in [0.25, 0.3) is 0 Å². The Morgan fingerprint density at radius 1 is 1.18 bits per heavy atom. The summed E-state index contributed by atoms with van der Waals surface area (Å²) < 4.78 is 51.6. The number of anilines is 1. The maximum Gasteiger partial charge on any atom is 0.417 e. The first-order valence-corrected chi connectivity index (χ1v) is 8.66. The van der Waals surface area contributed by atoms with Gasteiger partial charge in [0.15, 0.2) is 0 Å². The van der Waals surface area contributed by atoms with Gasteiger partial charge in [-0.1, -0.05) is 11.6 Å². The van der Waals surface area contributed by atoms with Crippen molar-refractivity contribution in [3.8, 4) is 0 Å². The number of alkyl halides is 3. The Labute approximate surface area is 162 Å². The van der Waals surface area contributed by atoms with Crippen LogP contribution in [0, 0.1) is 15.9 Å². The number of aromatic nitrogens is 1. The Balaban J connectivity index is 1.67. The zero-order valence-electron chi connectivity index (χ0n) is 14.4. The normalized spacial score (nSPS) is 15.7. The molecule has 0 bridgehead atoms. The molecule has 1 fully saturated rings. The summed E-state index contributed by atoms with van der Waals surface area (Å²) in [6.45, 7) is 1.96. The first kappa shape index (κ1) is 20.3. The minimum atomic E-state index is -4.52. The fraction of sp³-hybridized carbons (Fsp3) is 0.353. The van der Waals surface area contributed by atoms with Gasteiger partial charge in [-0.3, -0.25) is 15.0 Å². The number of benzene rings is 1. The highest BCUT2D eigenvalue weighted by Gasteiger charge is 2.32.